The predicted octanol–water partition coefficient (Wildman–Crippen LogP) is 3.92. The van der Waals surface area contributed by atoms with Crippen LogP contribution in [-0.4, -0.2) is 65.5 Å². The van der Waals surface area contributed by atoms with E-state index in [1.165, 1.54) is 26.4 Å². The van der Waals surface area contributed by atoms with Gasteiger partial charge in [0.15, 0.2) is 5.82 Å². The number of sulfonamides is 1. The van der Waals surface area contributed by atoms with Crippen LogP contribution in [0.1, 0.15) is 29.6 Å². The molecular formula is C28H28ClN7O4S. The first-order valence-corrected chi connectivity index (χ1v) is 14.7. The second-order valence-electron chi connectivity index (χ2n) is 10.1. The first-order chi connectivity index (χ1) is 19.6. The van der Waals surface area contributed by atoms with E-state index in [1.54, 1.807) is 58.1 Å². The number of pyridine rings is 1. The normalized spacial score (nSPS) is 15.1. The minimum Gasteiger partial charge on any atom is -0.338 e. The molecule has 1 saturated heterocycles. The number of para-hydroxylation sites is 1. The SMILES string of the molecule is CN(C)S(=O)(=O)c1ccccc1Nc1nn(C2(CC#N)CCN(C(=O)c3ccc(Cl)cc3)CC2)c2cc[nH]c(=O)c12. The van der Waals surface area contributed by atoms with Crippen LogP contribution >= 0.6 is 11.6 Å². The predicted molar refractivity (Wildman–Crippen MR) is 156 cm³/mol. The largest absolute Gasteiger partial charge is 0.338 e. The number of H-pyrrole nitrogens is 1. The van der Waals surface area contributed by atoms with Gasteiger partial charge in [0.05, 0.1) is 29.2 Å². The average molecular weight is 594 g/mol. The van der Waals surface area contributed by atoms with Gasteiger partial charge in [0.2, 0.25) is 10.0 Å². The van der Waals surface area contributed by atoms with Crippen LogP contribution in [0.4, 0.5) is 11.5 Å². The Hall–Kier alpha value is -4.18. The Labute approximate surface area is 242 Å². The van der Waals surface area contributed by atoms with Crippen LogP contribution < -0.4 is 10.9 Å². The molecule has 1 aliphatic rings. The van der Waals surface area contributed by atoms with E-state index in [1.807, 2.05) is 0 Å². The fraction of sp³-hybridized carbons (Fsp3) is 0.286. The maximum absolute atomic E-state index is 13.1. The van der Waals surface area contributed by atoms with Crippen molar-refractivity contribution in [3.05, 3.63) is 81.7 Å². The lowest BCUT2D eigenvalue weighted by atomic mass is 9.84. The van der Waals surface area contributed by atoms with Crippen LogP contribution in [0.2, 0.25) is 5.02 Å². The van der Waals surface area contributed by atoms with Gasteiger partial charge in [-0.3, -0.25) is 14.3 Å². The first-order valence-electron chi connectivity index (χ1n) is 12.9. The molecule has 0 saturated carbocycles. The van der Waals surface area contributed by atoms with Gasteiger partial charge in [-0.25, -0.2) is 12.7 Å². The number of amides is 1. The van der Waals surface area contributed by atoms with E-state index < -0.39 is 21.1 Å². The summed E-state index contributed by atoms with van der Waals surface area (Å²) in [5.41, 5.74) is 0.0700. The van der Waals surface area contributed by atoms with E-state index in [2.05, 4.69) is 16.4 Å². The van der Waals surface area contributed by atoms with Crippen LogP contribution in [0.25, 0.3) is 10.9 Å². The topological polar surface area (TPSA) is 144 Å². The van der Waals surface area contributed by atoms with Gasteiger partial charge in [-0.15, -0.1) is 0 Å². The molecule has 4 aromatic rings. The summed E-state index contributed by atoms with van der Waals surface area (Å²) >= 11 is 5.97. The highest BCUT2D eigenvalue weighted by molar-refractivity contribution is 7.89. The standard InChI is InChI=1S/C28H28ClN7O4S/c1-34(2)41(39,40)23-6-4-3-5-21(23)32-25-24-22(11-16-31-26(24)37)36(33-25)28(12-15-30)13-17-35(18-14-28)27(38)19-7-9-20(29)10-8-19/h3-11,16H,12-14,17-18H2,1-2H3,(H,31,37)(H,32,33). The van der Waals surface area contributed by atoms with Crippen LogP contribution in [0.15, 0.2) is 70.5 Å². The van der Waals surface area contributed by atoms with E-state index >= 15 is 0 Å². The summed E-state index contributed by atoms with van der Waals surface area (Å²) in [6.45, 7) is 0.751. The number of carbonyl (C=O) groups excluding carboxylic acids is 1. The third-order valence-electron chi connectivity index (χ3n) is 7.43. The van der Waals surface area contributed by atoms with Crippen molar-refractivity contribution in [3.8, 4) is 6.07 Å². The number of nitrogens with zero attached hydrogens (tertiary/aromatic N) is 5. The molecule has 13 heteroatoms. The number of nitrogens with one attached hydrogen (secondary N) is 2. The van der Waals surface area contributed by atoms with Crippen molar-refractivity contribution in [2.45, 2.75) is 29.7 Å². The summed E-state index contributed by atoms with van der Waals surface area (Å²) in [5, 5.41) is 18.5. The number of aromatic nitrogens is 3. The Morgan fingerprint density at radius 1 is 1.15 bits per heavy atom. The first kappa shape index (κ1) is 28.4. The summed E-state index contributed by atoms with van der Waals surface area (Å²) < 4.78 is 28.8. The summed E-state index contributed by atoms with van der Waals surface area (Å²) in [6, 6.07) is 17.1. The highest BCUT2D eigenvalue weighted by atomic mass is 35.5. The molecule has 5 rings (SSSR count). The number of aromatic amines is 1. The number of rotatable bonds is 7. The minimum absolute atomic E-state index is 0.0285. The maximum atomic E-state index is 13.1. The fourth-order valence-electron chi connectivity index (χ4n) is 5.16. The number of benzene rings is 2. The second-order valence-corrected chi connectivity index (χ2v) is 12.7. The van der Waals surface area contributed by atoms with E-state index in [0.29, 0.717) is 42.0 Å². The zero-order chi connectivity index (χ0) is 29.4. The van der Waals surface area contributed by atoms with Crippen molar-refractivity contribution >= 4 is 49.9 Å². The zero-order valence-corrected chi connectivity index (χ0v) is 24.0. The van der Waals surface area contributed by atoms with Gasteiger partial charge >= 0.3 is 0 Å². The lowest BCUT2D eigenvalue weighted by molar-refractivity contribution is 0.0587. The van der Waals surface area contributed by atoms with Gasteiger partial charge in [0, 0.05) is 44.0 Å². The highest BCUT2D eigenvalue weighted by Crippen LogP contribution is 2.38. The van der Waals surface area contributed by atoms with E-state index in [-0.39, 0.29) is 34.1 Å². The number of hydrogen-bond acceptors (Lipinski definition) is 7. The molecule has 3 heterocycles. The third-order valence-corrected chi connectivity index (χ3v) is 9.56. The molecule has 1 fully saturated rings. The molecule has 0 radical (unpaired) electrons. The minimum atomic E-state index is -3.80. The van der Waals surface area contributed by atoms with Crippen LogP contribution in [0.5, 0.6) is 0 Å². The smallest absolute Gasteiger partial charge is 0.261 e. The Balaban J connectivity index is 1.54. The van der Waals surface area contributed by atoms with Gasteiger partial charge < -0.3 is 15.2 Å². The summed E-state index contributed by atoms with van der Waals surface area (Å²) in [4.78, 5) is 30.6. The van der Waals surface area contributed by atoms with Crippen molar-refractivity contribution in [2.75, 3.05) is 32.5 Å². The number of hydrogen-bond donors (Lipinski definition) is 2. The second kappa shape index (κ2) is 11.0. The fourth-order valence-corrected chi connectivity index (χ4v) is 6.32. The van der Waals surface area contributed by atoms with Gasteiger partial charge in [0.25, 0.3) is 11.5 Å². The van der Waals surface area contributed by atoms with Crippen molar-refractivity contribution in [1.29, 1.82) is 5.26 Å². The molecule has 1 aliphatic heterocycles. The Kier molecular flexibility index (Phi) is 7.61. The van der Waals surface area contributed by atoms with Crippen molar-refractivity contribution in [1.82, 2.24) is 24.0 Å². The maximum Gasteiger partial charge on any atom is 0.261 e. The van der Waals surface area contributed by atoms with Crippen LogP contribution in [-0.2, 0) is 15.6 Å². The molecule has 1 amide bonds. The molecule has 2 aromatic heterocycles. The number of nitriles is 1. The molecule has 2 aromatic carbocycles. The molecule has 212 valence electrons. The van der Waals surface area contributed by atoms with Crippen molar-refractivity contribution < 1.29 is 13.2 Å². The molecular weight excluding hydrogens is 566 g/mol. The number of halogens is 1. The van der Waals surface area contributed by atoms with Crippen molar-refractivity contribution in [3.63, 3.8) is 0 Å². The lowest BCUT2D eigenvalue weighted by Gasteiger charge is -2.41. The quantitative estimate of drug-likeness (QED) is 0.330. The molecule has 2 N–H and O–H groups in total. The average Bonchev–Trinajstić information content (AvgIpc) is 3.34. The summed E-state index contributed by atoms with van der Waals surface area (Å²) in [7, 11) is -0.920. The van der Waals surface area contributed by atoms with Gasteiger partial charge in [-0.1, -0.05) is 23.7 Å². The number of anilines is 2. The summed E-state index contributed by atoms with van der Waals surface area (Å²) in [6.07, 6.45) is 2.46. The lowest BCUT2D eigenvalue weighted by Crippen LogP contribution is -2.48. The zero-order valence-electron chi connectivity index (χ0n) is 22.5. The molecule has 0 aliphatic carbocycles. The molecule has 0 atom stereocenters. The van der Waals surface area contributed by atoms with E-state index in [9.17, 15) is 23.3 Å². The van der Waals surface area contributed by atoms with Crippen molar-refractivity contribution in [2.24, 2.45) is 0 Å². The highest BCUT2D eigenvalue weighted by Gasteiger charge is 2.40. The van der Waals surface area contributed by atoms with Crippen LogP contribution in [0.3, 0.4) is 0 Å². The summed E-state index contributed by atoms with van der Waals surface area (Å²) in [5.74, 6) is 0.0373. The van der Waals surface area contributed by atoms with E-state index in [0.717, 1.165) is 4.31 Å². The number of fused-ring (bicyclic) bond motifs is 1. The molecule has 41 heavy (non-hydrogen) atoms. The van der Waals surface area contributed by atoms with Gasteiger partial charge in [-0.2, -0.15) is 10.4 Å². The molecule has 0 spiro atoms. The van der Waals surface area contributed by atoms with E-state index in [4.69, 9.17) is 16.7 Å². The Morgan fingerprint density at radius 2 is 1.83 bits per heavy atom. The Morgan fingerprint density at radius 3 is 2.49 bits per heavy atom. The monoisotopic (exact) mass is 593 g/mol. The van der Waals surface area contributed by atoms with Gasteiger partial charge in [0.1, 0.15) is 10.3 Å². The number of likely N-dealkylation sites (tertiary alicyclic amines) is 1. The number of carbonyl (C=O) groups is 1. The van der Waals surface area contributed by atoms with Crippen LogP contribution in [0, 0.1) is 11.3 Å². The number of piperidine rings is 1. The molecule has 11 nitrogen and oxygen atoms in total. The third kappa shape index (κ3) is 5.19. The van der Waals surface area contributed by atoms with Gasteiger partial charge in [-0.05, 0) is 55.3 Å². The Bertz CT molecular complexity index is 1820. The molecule has 0 bridgehead atoms. The molecule has 0 unspecified atom stereocenters.